The first-order valence-electron chi connectivity index (χ1n) is 6.51. The van der Waals surface area contributed by atoms with Crippen LogP contribution in [-0.4, -0.2) is 10.9 Å². The molecule has 0 aromatic carbocycles. The number of rotatable bonds is 3. The Morgan fingerprint density at radius 3 is 2.72 bits per heavy atom. The van der Waals surface area contributed by atoms with E-state index in [0.29, 0.717) is 5.15 Å². The third-order valence-corrected chi connectivity index (χ3v) is 4.25. The zero-order valence-electron chi connectivity index (χ0n) is 10.9. The van der Waals surface area contributed by atoms with Crippen LogP contribution in [0.5, 0.6) is 0 Å². The van der Waals surface area contributed by atoms with Gasteiger partial charge in [0, 0.05) is 5.41 Å². The third-order valence-electron chi connectivity index (χ3n) is 4.04. The van der Waals surface area contributed by atoms with Gasteiger partial charge in [0.1, 0.15) is 5.15 Å². The quantitative estimate of drug-likeness (QED) is 0.842. The molecule has 1 heterocycles. The van der Waals surface area contributed by atoms with E-state index in [1.54, 1.807) is 12.3 Å². The minimum Gasteiger partial charge on any atom is -0.324 e. The van der Waals surface area contributed by atoms with E-state index < -0.39 is 0 Å². The van der Waals surface area contributed by atoms with E-state index in [1.807, 2.05) is 6.92 Å². The van der Waals surface area contributed by atoms with Crippen molar-refractivity contribution in [3.8, 4) is 0 Å². The van der Waals surface area contributed by atoms with E-state index in [-0.39, 0.29) is 11.3 Å². The first-order valence-corrected chi connectivity index (χ1v) is 6.89. The Hall–Kier alpha value is -1.09. The first kappa shape index (κ1) is 13.3. The van der Waals surface area contributed by atoms with Crippen molar-refractivity contribution in [3.05, 3.63) is 23.0 Å². The van der Waals surface area contributed by atoms with Crippen LogP contribution in [0.25, 0.3) is 0 Å². The first-order chi connectivity index (χ1) is 8.57. The molecular weight excluding hydrogens is 248 g/mol. The molecule has 0 atom stereocenters. The van der Waals surface area contributed by atoms with Crippen molar-refractivity contribution in [1.82, 2.24) is 4.98 Å². The summed E-state index contributed by atoms with van der Waals surface area (Å²) in [6.45, 7) is 4.02. The predicted octanol–water partition coefficient (Wildman–Crippen LogP) is 3.95. The van der Waals surface area contributed by atoms with Crippen LogP contribution in [0.2, 0.25) is 5.15 Å². The summed E-state index contributed by atoms with van der Waals surface area (Å²) in [6.07, 6.45) is 6.83. The zero-order valence-corrected chi connectivity index (χ0v) is 11.7. The second kappa shape index (κ2) is 5.27. The highest BCUT2D eigenvalue weighted by molar-refractivity contribution is 6.29. The number of amides is 1. The Kier molecular flexibility index (Phi) is 3.91. The molecule has 18 heavy (non-hydrogen) atoms. The summed E-state index contributed by atoms with van der Waals surface area (Å²) in [4.78, 5) is 16.5. The van der Waals surface area contributed by atoms with Gasteiger partial charge in [0.2, 0.25) is 5.91 Å². The molecular formula is C14H19ClN2O. The van der Waals surface area contributed by atoms with E-state index >= 15 is 0 Å². The highest BCUT2D eigenvalue weighted by Gasteiger charge is 2.39. The summed E-state index contributed by atoms with van der Waals surface area (Å²) in [5.41, 5.74) is 1.54. The van der Waals surface area contributed by atoms with Crippen LogP contribution in [-0.2, 0) is 4.79 Å². The van der Waals surface area contributed by atoms with Crippen LogP contribution in [0.3, 0.4) is 0 Å². The number of halogens is 1. The summed E-state index contributed by atoms with van der Waals surface area (Å²) in [6, 6.07) is 1.77. The van der Waals surface area contributed by atoms with Crippen molar-refractivity contribution < 1.29 is 4.79 Å². The highest BCUT2D eigenvalue weighted by atomic mass is 35.5. The molecule has 0 saturated heterocycles. The van der Waals surface area contributed by atoms with Gasteiger partial charge in [0.05, 0.1) is 11.9 Å². The summed E-state index contributed by atoms with van der Waals surface area (Å²) >= 11 is 5.81. The van der Waals surface area contributed by atoms with Crippen LogP contribution in [0.4, 0.5) is 5.69 Å². The maximum atomic E-state index is 12.4. The third kappa shape index (κ3) is 2.51. The average Bonchev–Trinajstić information content (AvgIpc) is 2.82. The lowest BCUT2D eigenvalue weighted by atomic mass is 9.82. The van der Waals surface area contributed by atoms with Crippen LogP contribution in [0.15, 0.2) is 12.3 Å². The summed E-state index contributed by atoms with van der Waals surface area (Å²) < 4.78 is 0. The number of aryl methyl sites for hydroxylation is 1. The van der Waals surface area contributed by atoms with Crippen molar-refractivity contribution in [2.24, 2.45) is 5.41 Å². The molecule has 1 aliphatic rings. The van der Waals surface area contributed by atoms with Crippen LogP contribution in [0, 0.1) is 12.3 Å². The van der Waals surface area contributed by atoms with Gasteiger partial charge in [-0.05, 0) is 37.8 Å². The topological polar surface area (TPSA) is 42.0 Å². The number of pyridine rings is 1. The lowest BCUT2D eigenvalue weighted by molar-refractivity contribution is -0.125. The van der Waals surface area contributed by atoms with Gasteiger partial charge in [-0.15, -0.1) is 0 Å². The molecule has 0 aliphatic heterocycles. The lowest BCUT2D eigenvalue weighted by Crippen LogP contribution is -2.33. The summed E-state index contributed by atoms with van der Waals surface area (Å²) in [5, 5.41) is 3.47. The average molecular weight is 267 g/mol. The number of anilines is 1. The standard InChI is InChI=1S/C14H19ClN2O/c1-3-14(6-4-5-7-14)13(18)17-11-9-16-12(15)8-10(11)2/h8-9H,3-7H2,1-2H3,(H,17,18). The Morgan fingerprint density at radius 2 is 2.17 bits per heavy atom. The van der Waals surface area contributed by atoms with E-state index in [4.69, 9.17) is 11.6 Å². The highest BCUT2D eigenvalue weighted by Crippen LogP contribution is 2.41. The van der Waals surface area contributed by atoms with Crippen molar-refractivity contribution in [2.75, 3.05) is 5.32 Å². The number of hydrogen-bond donors (Lipinski definition) is 1. The molecule has 1 aromatic heterocycles. The van der Waals surface area contributed by atoms with Crippen LogP contribution < -0.4 is 5.32 Å². The van der Waals surface area contributed by atoms with Gasteiger partial charge in [0.25, 0.3) is 0 Å². The van der Waals surface area contributed by atoms with Gasteiger partial charge in [-0.1, -0.05) is 31.4 Å². The molecule has 0 spiro atoms. The minimum absolute atomic E-state index is 0.134. The van der Waals surface area contributed by atoms with Gasteiger partial charge >= 0.3 is 0 Å². The second-order valence-electron chi connectivity index (χ2n) is 5.12. The van der Waals surface area contributed by atoms with Crippen LogP contribution in [0.1, 0.15) is 44.6 Å². The maximum Gasteiger partial charge on any atom is 0.230 e. The molecule has 4 heteroatoms. The van der Waals surface area contributed by atoms with Gasteiger partial charge in [-0.3, -0.25) is 4.79 Å². The van der Waals surface area contributed by atoms with E-state index in [1.165, 1.54) is 0 Å². The number of hydrogen-bond acceptors (Lipinski definition) is 2. The lowest BCUT2D eigenvalue weighted by Gasteiger charge is -2.26. The molecule has 0 unspecified atom stereocenters. The SMILES string of the molecule is CCC1(C(=O)Nc2cnc(Cl)cc2C)CCCC1. The van der Waals surface area contributed by atoms with Crippen molar-refractivity contribution in [2.45, 2.75) is 46.0 Å². The molecule has 1 saturated carbocycles. The summed E-state index contributed by atoms with van der Waals surface area (Å²) in [7, 11) is 0. The fourth-order valence-corrected chi connectivity index (χ4v) is 2.91. The Labute approximate surface area is 113 Å². The molecule has 1 fully saturated rings. The predicted molar refractivity (Wildman–Crippen MR) is 73.8 cm³/mol. The molecule has 3 nitrogen and oxygen atoms in total. The molecule has 1 N–H and O–H groups in total. The van der Waals surface area contributed by atoms with Gasteiger partial charge in [-0.25, -0.2) is 4.98 Å². The molecule has 98 valence electrons. The second-order valence-corrected chi connectivity index (χ2v) is 5.50. The monoisotopic (exact) mass is 266 g/mol. The minimum atomic E-state index is -0.175. The number of nitrogens with one attached hydrogen (secondary N) is 1. The molecule has 1 aromatic rings. The maximum absolute atomic E-state index is 12.4. The number of carbonyl (C=O) groups excluding carboxylic acids is 1. The van der Waals surface area contributed by atoms with Gasteiger partial charge in [-0.2, -0.15) is 0 Å². The molecule has 1 aliphatic carbocycles. The van der Waals surface area contributed by atoms with Crippen molar-refractivity contribution >= 4 is 23.2 Å². The number of carbonyl (C=O) groups is 1. The molecule has 1 amide bonds. The zero-order chi connectivity index (χ0) is 13.2. The molecule has 0 radical (unpaired) electrons. The normalized spacial score (nSPS) is 17.7. The Bertz CT molecular complexity index is 453. The Balaban J connectivity index is 2.15. The molecule has 2 rings (SSSR count). The fourth-order valence-electron chi connectivity index (χ4n) is 2.70. The Morgan fingerprint density at radius 1 is 1.50 bits per heavy atom. The van der Waals surface area contributed by atoms with E-state index in [2.05, 4.69) is 17.2 Å². The molecule has 0 bridgehead atoms. The van der Waals surface area contributed by atoms with Crippen molar-refractivity contribution in [3.63, 3.8) is 0 Å². The smallest absolute Gasteiger partial charge is 0.230 e. The van der Waals surface area contributed by atoms with Crippen LogP contribution >= 0.6 is 11.6 Å². The van der Waals surface area contributed by atoms with Crippen molar-refractivity contribution in [1.29, 1.82) is 0 Å². The number of nitrogens with zero attached hydrogens (tertiary/aromatic N) is 1. The van der Waals surface area contributed by atoms with E-state index in [0.717, 1.165) is 43.4 Å². The van der Waals surface area contributed by atoms with Gasteiger partial charge in [0.15, 0.2) is 0 Å². The largest absolute Gasteiger partial charge is 0.324 e. The number of aromatic nitrogens is 1. The van der Waals surface area contributed by atoms with Gasteiger partial charge < -0.3 is 5.32 Å². The van der Waals surface area contributed by atoms with E-state index in [9.17, 15) is 4.79 Å². The summed E-state index contributed by atoms with van der Waals surface area (Å²) in [5.74, 6) is 0.134. The fraction of sp³-hybridized carbons (Fsp3) is 0.571.